The van der Waals surface area contributed by atoms with E-state index in [1.165, 1.54) is 0 Å². The Hall–Kier alpha value is -1.82. The Labute approximate surface area is 162 Å². The lowest BCUT2D eigenvalue weighted by Crippen LogP contribution is -2.48. The van der Waals surface area contributed by atoms with E-state index >= 15 is 0 Å². The summed E-state index contributed by atoms with van der Waals surface area (Å²) in [7, 11) is 0. The van der Waals surface area contributed by atoms with Crippen LogP contribution in [0.1, 0.15) is 54.4 Å². The summed E-state index contributed by atoms with van der Waals surface area (Å²) in [6, 6.07) is 2.02. The SMILES string of the molecule is CCN1CCN(C(=O)CCC2CCN(C(=O)c3[nH]c(C)cc3C)CC2)CC1. The van der Waals surface area contributed by atoms with Crippen molar-refractivity contribution < 1.29 is 9.59 Å². The highest BCUT2D eigenvalue weighted by Gasteiger charge is 2.26. The lowest BCUT2D eigenvalue weighted by Gasteiger charge is -2.35. The predicted octanol–water partition coefficient (Wildman–Crippen LogP) is 2.43. The van der Waals surface area contributed by atoms with Gasteiger partial charge >= 0.3 is 0 Å². The molecule has 150 valence electrons. The van der Waals surface area contributed by atoms with Crippen molar-refractivity contribution in [1.82, 2.24) is 19.7 Å². The normalized spacial score (nSPS) is 19.5. The quantitative estimate of drug-likeness (QED) is 0.861. The summed E-state index contributed by atoms with van der Waals surface area (Å²) in [6.45, 7) is 12.5. The first-order valence-electron chi connectivity index (χ1n) is 10.4. The van der Waals surface area contributed by atoms with Gasteiger partial charge in [-0.15, -0.1) is 0 Å². The van der Waals surface area contributed by atoms with E-state index in [4.69, 9.17) is 0 Å². The number of aryl methyl sites for hydroxylation is 2. The molecule has 3 heterocycles. The minimum atomic E-state index is 0.115. The predicted molar refractivity (Wildman–Crippen MR) is 107 cm³/mol. The Kier molecular flexibility index (Phi) is 6.58. The number of nitrogens with zero attached hydrogens (tertiary/aromatic N) is 3. The van der Waals surface area contributed by atoms with Gasteiger partial charge in [-0.05, 0) is 57.2 Å². The highest BCUT2D eigenvalue weighted by atomic mass is 16.2. The van der Waals surface area contributed by atoms with Crippen LogP contribution in [0, 0.1) is 19.8 Å². The molecule has 2 aliphatic heterocycles. The molecule has 0 aliphatic carbocycles. The van der Waals surface area contributed by atoms with Gasteiger partial charge in [0.1, 0.15) is 5.69 Å². The molecule has 0 saturated carbocycles. The zero-order chi connectivity index (χ0) is 19.4. The number of rotatable bonds is 5. The summed E-state index contributed by atoms with van der Waals surface area (Å²) in [5, 5.41) is 0. The Balaban J connectivity index is 1.40. The Morgan fingerprint density at radius 1 is 1.04 bits per heavy atom. The van der Waals surface area contributed by atoms with E-state index in [2.05, 4.69) is 16.8 Å². The van der Waals surface area contributed by atoms with Gasteiger partial charge in [-0.25, -0.2) is 0 Å². The van der Waals surface area contributed by atoms with Gasteiger partial charge in [-0.1, -0.05) is 6.92 Å². The van der Waals surface area contributed by atoms with Crippen LogP contribution < -0.4 is 0 Å². The van der Waals surface area contributed by atoms with Gasteiger partial charge in [0.2, 0.25) is 5.91 Å². The highest BCUT2D eigenvalue weighted by molar-refractivity contribution is 5.94. The van der Waals surface area contributed by atoms with Crippen molar-refractivity contribution in [1.29, 1.82) is 0 Å². The Bertz CT molecular complexity index is 653. The van der Waals surface area contributed by atoms with E-state index in [1.54, 1.807) is 0 Å². The molecular formula is C21H34N4O2. The average Bonchev–Trinajstić information content (AvgIpc) is 3.04. The number of piperazine rings is 1. The number of aromatic nitrogens is 1. The largest absolute Gasteiger partial charge is 0.354 e. The molecule has 3 rings (SSSR count). The number of hydrogen-bond donors (Lipinski definition) is 1. The standard InChI is InChI=1S/C21H34N4O2/c1-4-23-11-13-24(14-12-23)19(26)6-5-18-7-9-25(10-8-18)21(27)20-16(2)15-17(3)22-20/h15,18,22H,4-14H2,1-3H3. The molecule has 27 heavy (non-hydrogen) atoms. The molecule has 1 aromatic heterocycles. The Morgan fingerprint density at radius 2 is 1.70 bits per heavy atom. The fourth-order valence-electron chi connectivity index (χ4n) is 4.33. The number of piperidine rings is 1. The molecule has 6 heteroatoms. The van der Waals surface area contributed by atoms with Crippen molar-refractivity contribution in [2.24, 2.45) is 5.92 Å². The zero-order valence-corrected chi connectivity index (χ0v) is 17.1. The summed E-state index contributed by atoms with van der Waals surface area (Å²) in [5.74, 6) is 0.979. The lowest BCUT2D eigenvalue weighted by molar-refractivity contribution is -0.133. The van der Waals surface area contributed by atoms with Crippen LogP contribution in [0.2, 0.25) is 0 Å². The van der Waals surface area contributed by atoms with Crippen LogP contribution in [0.3, 0.4) is 0 Å². The fraction of sp³-hybridized carbons (Fsp3) is 0.714. The molecule has 2 fully saturated rings. The minimum absolute atomic E-state index is 0.115. The number of nitrogens with one attached hydrogen (secondary N) is 1. The van der Waals surface area contributed by atoms with Gasteiger partial charge in [0.15, 0.2) is 0 Å². The van der Waals surface area contributed by atoms with E-state index in [9.17, 15) is 9.59 Å². The van der Waals surface area contributed by atoms with Crippen molar-refractivity contribution >= 4 is 11.8 Å². The van der Waals surface area contributed by atoms with Crippen LogP contribution in [0.15, 0.2) is 6.07 Å². The fourth-order valence-corrected chi connectivity index (χ4v) is 4.33. The molecular weight excluding hydrogens is 340 g/mol. The van der Waals surface area contributed by atoms with Crippen LogP contribution in [0.5, 0.6) is 0 Å². The molecule has 0 aromatic carbocycles. The van der Waals surface area contributed by atoms with Crippen LogP contribution in [0.25, 0.3) is 0 Å². The Morgan fingerprint density at radius 3 is 2.26 bits per heavy atom. The maximum absolute atomic E-state index is 12.7. The third-order valence-electron chi connectivity index (χ3n) is 6.20. The third kappa shape index (κ3) is 4.92. The summed E-state index contributed by atoms with van der Waals surface area (Å²) in [6.07, 6.45) is 3.61. The summed E-state index contributed by atoms with van der Waals surface area (Å²) in [4.78, 5) is 34.7. The smallest absolute Gasteiger partial charge is 0.270 e. The maximum atomic E-state index is 12.7. The van der Waals surface area contributed by atoms with Crippen molar-refractivity contribution in [2.45, 2.75) is 46.5 Å². The number of likely N-dealkylation sites (tertiary alicyclic amines) is 1. The maximum Gasteiger partial charge on any atom is 0.270 e. The van der Waals surface area contributed by atoms with Crippen LogP contribution in [-0.2, 0) is 4.79 Å². The number of likely N-dealkylation sites (N-methyl/N-ethyl adjacent to an activating group) is 1. The molecule has 6 nitrogen and oxygen atoms in total. The second-order valence-electron chi connectivity index (χ2n) is 8.10. The average molecular weight is 375 g/mol. The lowest BCUT2D eigenvalue weighted by atomic mass is 9.91. The first kappa shape index (κ1) is 19.9. The van der Waals surface area contributed by atoms with Crippen LogP contribution >= 0.6 is 0 Å². The zero-order valence-electron chi connectivity index (χ0n) is 17.1. The molecule has 0 unspecified atom stereocenters. The van der Waals surface area contributed by atoms with Gasteiger partial charge in [-0.3, -0.25) is 9.59 Å². The van der Waals surface area contributed by atoms with Gasteiger partial charge < -0.3 is 19.7 Å². The van der Waals surface area contributed by atoms with Crippen molar-refractivity contribution in [3.8, 4) is 0 Å². The number of H-pyrrole nitrogens is 1. The first-order chi connectivity index (χ1) is 13.0. The van der Waals surface area contributed by atoms with E-state index in [0.717, 1.165) is 82.0 Å². The monoisotopic (exact) mass is 374 g/mol. The molecule has 0 radical (unpaired) electrons. The number of carbonyl (C=O) groups excluding carboxylic acids is 2. The molecule has 0 bridgehead atoms. The van der Waals surface area contributed by atoms with Crippen LogP contribution in [0.4, 0.5) is 0 Å². The molecule has 1 N–H and O–H groups in total. The van der Waals surface area contributed by atoms with E-state index < -0.39 is 0 Å². The first-order valence-corrected chi connectivity index (χ1v) is 10.4. The molecule has 2 amide bonds. The summed E-state index contributed by atoms with van der Waals surface area (Å²) in [5.41, 5.74) is 2.78. The summed E-state index contributed by atoms with van der Waals surface area (Å²) >= 11 is 0. The van der Waals surface area contributed by atoms with Gasteiger partial charge in [0.05, 0.1) is 0 Å². The van der Waals surface area contributed by atoms with Crippen LogP contribution in [-0.4, -0.2) is 77.3 Å². The van der Waals surface area contributed by atoms with Crippen molar-refractivity contribution in [2.75, 3.05) is 45.8 Å². The molecule has 1 aromatic rings. The van der Waals surface area contributed by atoms with E-state index in [0.29, 0.717) is 18.2 Å². The topological polar surface area (TPSA) is 59.6 Å². The molecule has 2 saturated heterocycles. The highest BCUT2D eigenvalue weighted by Crippen LogP contribution is 2.24. The minimum Gasteiger partial charge on any atom is -0.354 e. The van der Waals surface area contributed by atoms with E-state index in [1.807, 2.05) is 29.7 Å². The van der Waals surface area contributed by atoms with Crippen molar-refractivity contribution in [3.05, 3.63) is 23.0 Å². The van der Waals surface area contributed by atoms with Gasteiger partial charge in [0, 0.05) is 51.4 Å². The van der Waals surface area contributed by atoms with Crippen molar-refractivity contribution in [3.63, 3.8) is 0 Å². The number of amides is 2. The van der Waals surface area contributed by atoms with E-state index in [-0.39, 0.29) is 5.91 Å². The third-order valence-corrected chi connectivity index (χ3v) is 6.20. The molecule has 2 aliphatic rings. The molecule has 0 spiro atoms. The van der Waals surface area contributed by atoms with Gasteiger partial charge in [0.25, 0.3) is 5.91 Å². The second-order valence-corrected chi connectivity index (χ2v) is 8.10. The summed E-state index contributed by atoms with van der Waals surface area (Å²) < 4.78 is 0. The molecule has 0 atom stereocenters. The second kappa shape index (κ2) is 8.91. The number of aromatic amines is 1. The number of hydrogen-bond acceptors (Lipinski definition) is 3. The number of carbonyl (C=O) groups is 2. The van der Waals surface area contributed by atoms with Gasteiger partial charge in [-0.2, -0.15) is 0 Å².